The molecule has 3 rings (SSSR count). The normalized spacial score (nSPS) is 11.0. The molecule has 0 aliphatic heterocycles. The summed E-state index contributed by atoms with van der Waals surface area (Å²) in [7, 11) is 0. The van der Waals surface area contributed by atoms with Gasteiger partial charge in [0.05, 0.1) is 24.0 Å². The lowest BCUT2D eigenvalue weighted by molar-refractivity contribution is -0.689. The van der Waals surface area contributed by atoms with Gasteiger partial charge in [-0.3, -0.25) is 9.59 Å². The molecule has 2 aromatic carbocycles. The number of Topliss-reactive ketones (excluding diaryl/α,β-unsaturated/α-hetero) is 1. The van der Waals surface area contributed by atoms with Crippen molar-refractivity contribution in [2.24, 2.45) is 0 Å². The Bertz CT molecular complexity index is 1200. The van der Waals surface area contributed by atoms with Crippen LogP contribution in [-0.2, 0) is 17.8 Å². The van der Waals surface area contributed by atoms with Gasteiger partial charge in [0.1, 0.15) is 5.75 Å². The topological polar surface area (TPSA) is 59.3 Å². The molecule has 222 valence electrons. The first-order valence-electron chi connectivity index (χ1n) is 15.5. The monoisotopic (exact) mass is 577 g/mol. The second-order valence-electron chi connectivity index (χ2n) is 11.1. The second kappa shape index (κ2) is 18.4. The molecule has 1 amide bonds. The number of benzene rings is 2. The van der Waals surface area contributed by atoms with Crippen LogP contribution in [0.15, 0.2) is 54.0 Å². The molecule has 41 heavy (non-hydrogen) atoms. The second-order valence-corrected chi connectivity index (χ2v) is 12.2. The van der Waals surface area contributed by atoms with Crippen LogP contribution in [0.2, 0.25) is 0 Å². The van der Waals surface area contributed by atoms with Gasteiger partial charge >= 0.3 is 0 Å². The van der Waals surface area contributed by atoms with E-state index in [0.29, 0.717) is 17.9 Å². The Labute approximate surface area is 251 Å². The Hall–Kier alpha value is -2.99. The summed E-state index contributed by atoms with van der Waals surface area (Å²) < 4.78 is 8.18. The summed E-state index contributed by atoms with van der Waals surface area (Å²) in [5.41, 5.74) is 3.28. The predicted octanol–water partition coefficient (Wildman–Crippen LogP) is 8.86. The number of carbonyl (C=O) groups excluding carboxylic acids is 2. The van der Waals surface area contributed by atoms with E-state index in [4.69, 9.17) is 4.74 Å². The van der Waals surface area contributed by atoms with Crippen LogP contribution < -0.4 is 14.6 Å². The van der Waals surface area contributed by atoms with Crippen LogP contribution in [0.5, 0.6) is 5.75 Å². The van der Waals surface area contributed by atoms with Crippen LogP contribution >= 0.6 is 11.3 Å². The Morgan fingerprint density at radius 1 is 0.829 bits per heavy atom. The lowest BCUT2D eigenvalue weighted by Crippen LogP contribution is -2.34. The number of carbonyl (C=O) groups is 2. The van der Waals surface area contributed by atoms with Gasteiger partial charge in [-0.1, -0.05) is 107 Å². The van der Waals surface area contributed by atoms with Crippen LogP contribution in [0.4, 0.5) is 5.69 Å². The number of ether oxygens (including phenoxy) is 1. The van der Waals surface area contributed by atoms with Gasteiger partial charge in [-0.15, -0.1) is 0 Å². The maximum Gasteiger partial charge on any atom is 0.234 e. The zero-order chi connectivity index (χ0) is 29.3. The van der Waals surface area contributed by atoms with Crippen molar-refractivity contribution in [3.63, 3.8) is 0 Å². The number of anilines is 1. The van der Waals surface area contributed by atoms with Gasteiger partial charge in [-0.2, -0.15) is 4.57 Å². The first-order chi connectivity index (χ1) is 20.0. The fraction of sp³-hybridized carbons (Fsp3) is 0.514. The molecule has 0 bridgehead atoms. The quantitative estimate of drug-likeness (QED) is 0.0829. The van der Waals surface area contributed by atoms with E-state index in [9.17, 15) is 9.59 Å². The van der Waals surface area contributed by atoms with E-state index in [2.05, 4.69) is 35.3 Å². The number of thiazole rings is 1. The molecule has 1 heterocycles. The third kappa shape index (κ3) is 12.2. The summed E-state index contributed by atoms with van der Waals surface area (Å²) in [4.78, 5) is 25.0. The average Bonchev–Trinajstić information content (AvgIpc) is 3.36. The van der Waals surface area contributed by atoms with Crippen LogP contribution in [0.25, 0.3) is 0 Å². The first-order valence-corrected chi connectivity index (χ1v) is 16.4. The standard InChI is InChI=1S/C35H48N2O3S/c1-4-5-6-7-8-9-10-11-12-13-14-15-23-40-34-21-18-31(25-33(34)28(2)38)26-35(39)36-32-19-16-30(17-20-32)27-37-22-24-41-29(37)3/h16-22,24-25H,4-15,23,26-27H2,1-3H3/p+1. The van der Waals surface area contributed by atoms with E-state index in [1.807, 2.05) is 36.4 Å². The molecule has 1 aromatic heterocycles. The van der Waals surface area contributed by atoms with E-state index >= 15 is 0 Å². The fourth-order valence-electron chi connectivity index (χ4n) is 5.03. The van der Waals surface area contributed by atoms with Gasteiger partial charge in [0, 0.05) is 18.2 Å². The first kappa shape index (κ1) is 32.5. The molecule has 6 heteroatoms. The number of amides is 1. The maximum atomic E-state index is 12.7. The number of nitrogens with zero attached hydrogens (tertiary/aromatic N) is 1. The van der Waals surface area contributed by atoms with E-state index in [0.717, 1.165) is 30.6 Å². The summed E-state index contributed by atoms with van der Waals surface area (Å²) in [6.45, 7) is 7.34. The SMILES string of the molecule is CCCCCCCCCCCCCCOc1ccc(CC(=O)Nc2ccc(C[n+]3ccsc3C)cc2)cc1C(C)=O. The smallest absolute Gasteiger partial charge is 0.234 e. The van der Waals surface area contributed by atoms with Crippen molar-refractivity contribution in [1.29, 1.82) is 0 Å². The molecule has 3 aromatic rings. The number of aromatic nitrogens is 1. The molecule has 5 nitrogen and oxygen atoms in total. The van der Waals surface area contributed by atoms with Gasteiger partial charge in [0.2, 0.25) is 10.9 Å². The number of aryl methyl sites for hydroxylation is 1. The number of nitrogens with one attached hydrogen (secondary N) is 1. The minimum atomic E-state index is -0.111. The van der Waals surface area contributed by atoms with E-state index in [1.165, 1.54) is 74.8 Å². The molecule has 0 aliphatic rings. The molecule has 0 spiro atoms. The van der Waals surface area contributed by atoms with E-state index in [-0.39, 0.29) is 18.1 Å². The number of hydrogen-bond donors (Lipinski definition) is 1. The Morgan fingerprint density at radius 2 is 1.44 bits per heavy atom. The molecular weight excluding hydrogens is 528 g/mol. The molecule has 1 N–H and O–H groups in total. The highest BCUT2D eigenvalue weighted by Crippen LogP contribution is 2.22. The summed E-state index contributed by atoms with van der Waals surface area (Å²) in [5.74, 6) is 0.450. The van der Waals surface area contributed by atoms with Crippen molar-refractivity contribution in [2.45, 2.75) is 111 Å². The third-order valence-corrected chi connectivity index (χ3v) is 8.35. The van der Waals surface area contributed by atoms with Crippen molar-refractivity contribution >= 4 is 28.7 Å². The highest BCUT2D eigenvalue weighted by Gasteiger charge is 2.13. The molecule has 0 saturated heterocycles. The third-order valence-electron chi connectivity index (χ3n) is 7.52. The van der Waals surface area contributed by atoms with Gasteiger partial charge in [-0.25, -0.2) is 0 Å². The highest BCUT2D eigenvalue weighted by atomic mass is 32.1. The predicted molar refractivity (Wildman–Crippen MR) is 170 cm³/mol. The molecule has 0 radical (unpaired) electrons. The molecular formula is C35H49N2O3S+. The van der Waals surface area contributed by atoms with E-state index < -0.39 is 0 Å². The molecule has 0 fully saturated rings. The highest BCUT2D eigenvalue weighted by molar-refractivity contribution is 7.09. The zero-order valence-electron chi connectivity index (χ0n) is 25.4. The van der Waals surface area contributed by atoms with Crippen molar-refractivity contribution in [2.75, 3.05) is 11.9 Å². The molecule has 0 atom stereocenters. The van der Waals surface area contributed by atoms with Gasteiger partial charge in [0.15, 0.2) is 18.5 Å². The van der Waals surface area contributed by atoms with Gasteiger partial charge in [0.25, 0.3) is 0 Å². The zero-order valence-corrected chi connectivity index (χ0v) is 26.2. The number of hydrogen-bond acceptors (Lipinski definition) is 4. The van der Waals surface area contributed by atoms with Crippen molar-refractivity contribution in [1.82, 2.24) is 0 Å². The molecule has 0 unspecified atom stereocenters. The van der Waals surface area contributed by atoms with Gasteiger partial charge in [-0.05, 0) is 43.2 Å². The lowest BCUT2D eigenvalue weighted by atomic mass is 10.0. The largest absolute Gasteiger partial charge is 0.493 e. The minimum Gasteiger partial charge on any atom is -0.493 e. The molecule has 0 saturated carbocycles. The van der Waals surface area contributed by atoms with Crippen LogP contribution in [0.1, 0.15) is 117 Å². The Morgan fingerprint density at radius 3 is 2.02 bits per heavy atom. The van der Waals surface area contributed by atoms with Crippen molar-refractivity contribution < 1.29 is 18.9 Å². The molecule has 0 aliphatic carbocycles. The van der Waals surface area contributed by atoms with Crippen molar-refractivity contribution in [3.05, 3.63) is 75.7 Å². The lowest BCUT2D eigenvalue weighted by Gasteiger charge is -2.12. The minimum absolute atomic E-state index is 0.0498. The number of unbranched alkanes of at least 4 members (excludes halogenated alkanes) is 11. The summed E-state index contributed by atoms with van der Waals surface area (Å²) in [6.07, 6.45) is 17.9. The average molecular weight is 578 g/mol. The Balaban J connectivity index is 1.36. The summed E-state index contributed by atoms with van der Waals surface area (Å²) in [5, 5.41) is 6.31. The van der Waals surface area contributed by atoms with Crippen LogP contribution in [0, 0.1) is 6.92 Å². The van der Waals surface area contributed by atoms with Crippen LogP contribution in [-0.4, -0.2) is 18.3 Å². The summed E-state index contributed by atoms with van der Waals surface area (Å²) >= 11 is 1.73. The Kier molecular flexibility index (Phi) is 14.6. The van der Waals surface area contributed by atoms with Crippen LogP contribution in [0.3, 0.4) is 0 Å². The van der Waals surface area contributed by atoms with E-state index in [1.54, 1.807) is 24.3 Å². The van der Waals surface area contributed by atoms with Crippen molar-refractivity contribution in [3.8, 4) is 5.75 Å². The maximum absolute atomic E-state index is 12.7. The summed E-state index contributed by atoms with van der Waals surface area (Å²) in [6, 6.07) is 13.5. The fourth-order valence-corrected chi connectivity index (χ4v) is 5.70. The number of ketones is 1. The van der Waals surface area contributed by atoms with Gasteiger partial charge < -0.3 is 10.1 Å². The number of rotatable bonds is 20.